The van der Waals surface area contributed by atoms with Gasteiger partial charge in [-0.25, -0.2) is 4.98 Å². The lowest BCUT2D eigenvalue weighted by Gasteiger charge is -2.18. The van der Waals surface area contributed by atoms with Crippen molar-refractivity contribution in [3.63, 3.8) is 0 Å². The molecule has 1 amide bonds. The van der Waals surface area contributed by atoms with Crippen LogP contribution in [0.2, 0.25) is 0 Å². The van der Waals surface area contributed by atoms with E-state index >= 15 is 0 Å². The van der Waals surface area contributed by atoms with Crippen molar-refractivity contribution < 1.29 is 32.2 Å². The Morgan fingerprint density at radius 1 is 1.07 bits per heavy atom. The minimum atomic E-state index is -4.92. The lowest BCUT2D eigenvalue weighted by Crippen LogP contribution is -2.28. The van der Waals surface area contributed by atoms with Crippen LogP contribution in [-0.2, 0) is 4.79 Å². The molecule has 0 bridgehead atoms. The van der Waals surface area contributed by atoms with E-state index in [2.05, 4.69) is 24.7 Å². The van der Waals surface area contributed by atoms with Crippen molar-refractivity contribution in [2.75, 3.05) is 19.1 Å². The third kappa shape index (κ3) is 8.18. The zero-order chi connectivity index (χ0) is 31.0. The first-order valence-corrected chi connectivity index (χ1v) is 13.1. The van der Waals surface area contributed by atoms with Crippen molar-refractivity contribution in [3.05, 3.63) is 78.5 Å². The SMILES string of the molecule is CCCC(C=Nc1cccnc1)=C(N)CC(=O)N(C)c1ccc(Oc2ccnc3cc(OC)c(OC(F)(F)F)cc23)cn1. The van der Waals surface area contributed by atoms with Crippen LogP contribution in [0.25, 0.3) is 10.9 Å². The van der Waals surface area contributed by atoms with E-state index < -0.39 is 12.1 Å². The molecule has 3 aromatic heterocycles. The summed E-state index contributed by atoms with van der Waals surface area (Å²) in [7, 11) is 2.81. The number of carbonyl (C=O) groups excluding carboxylic acids is 1. The number of benzene rings is 1. The quantitative estimate of drug-likeness (QED) is 0.195. The van der Waals surface area contributed by atoms with Gasteiger partial charge in [0.1, 0.15) is 17.3 Å². The predicted molar refractivity (Wildman–Crippen MR) is 156 cm³/mol. The second-order valence-electron chi connectivity index (χ2n) is 9.23. The summed E-state index contributed by atoms with van der Waals surface area (Å²) in [6, 6.07) is 10.7. The van der Waals surface area contributed by atoms with Crippen LogP contribution >= 0.6 is 0 Å². The van der Waals surface area contributed by atoms with Gasteiger partial charge in [-0.05, 0) is 48.4 Å². The topological polar surface area (TPSA) is 125 Å². The van der Waals surface area contributed by atoms with Gasteiger partial charge in [-0.2, -0.15) is 0 Å². The number of aromatic nitrogens is 3. The van der Waals surface area contributed by atoms with Gasteiger partial charge in [0.25, 0.3) is 0 Å². The number of fused-ring (bicyclic) bond motifs is 1. The smallest absolute Gasteiger partial charge is 0.493 e. The Hall–Kier alpha value is -5.20. The van der Waals surface area contributed by atoms with E-state index in [1.165, 1.54) is 36.5 Å². The fourth-order valence-electron chi connectivity index (χ4n) is 4.02. The van der Waals surface area contributed by atoms with Gasteiger partial charge in [0.05, 0.1) is 37.1 Å². The molecular formula is C30H29F3N6O4. The molecule has 0 atom stereocenters. The van der Waals surface area contributed by atoms with Gasteiger partial charge in [0, 0.05) is 42.8 Å². The Labute approximate surface area is 245 Å². The van der Waals surface area contributed by atoms with E-state index in [-0.39, 0.29) is 35.0 Å². The zero-order valence-electron chi connectivity index (χ0n) is 23.6. The Morgan fingerprint density at radius 2 is 1.88 bits per heavy atom. The van der Waals surface area contributed by atoms with Crippen LogP contribution in [0.5, 0.6) is 23.0 Å². The van der Waals surface area contributed by atoms with Gasteiger partial charge in [0.15, 0.2) is 11.5 Å². The van der Waals surface area contributed by atoms with Crippen LogP contribution in [0.1, 0.15) is 26.2 Å². The summed E-state index contributed by atoms with van der Waals surface area (Å²) in [6.45, 7) is 2.01. The highest BCUT2D eigenvalue weighted by molar-refractivity contribution is 5.94. The van der Waals surface area contributed by atoms with Crippen LogP contribution < -0.4 is 24.8 Å². The maximum atomic E-state index is 13.0. The van der Waals surface area contributed by atoms with Gasteiger partial charge in [-0.15, -0.1) is 13.2 Å². The van der Waals surface area contributed by atoms with Crippen molar-refractivity contribution in [1.82, 2.24) is 15.0 Å². The fourth-order valence-corrected chi connectivity index (χ4v) is 4.02. The second kappa shape index (κ2) is 13.6. The number of nitrogens with two attached hydrogens (primary N) is 1. The average molecular weight is 595 g/mol. The molecular weight excluding hydrogens is 565 g/mol. The van der Waals surface area contributed by atoms with E-state index in [4.69, 9.17) is 15.2 Å². The van der Waals surface area contributed by atoms with Crippen molar-refractivity contribution in [2.45, 2.75) is 32.5 Å². The number of carbonyl (C=O) groups is 1. The molecule has 4 aromatic rings. The molecule has 0 aliphatic carbocycles. The Kier molecular flexibility index (Phi) is 9.76. The highest BCUT2D eigenvalue weighted by atomic mass is 19.4. The molecule has 10 nitrogen and oxygen atoms in total. The zero-order valence-corrected chi connectivity index (χ0v) is 23.6. The molecule has 3 heterocycles. The van der Waals surface area contributed by atoms with Gasteiger partial charge in [-0.1, -0.05) is 13.3 Å². The summed E-state index contributed by atoms with van der Waals surface area (Å²) in [4.78, 5) is 31.3. The number of ether oxygens (including phenoxy) is 3. The third-order valence-corrected chi connectivity index (χ3v) is 6.17. The molecule has 4 rings (SSSR count). The summed E-state index contributed by atoms with van der Waals surface area (Å²) in [5.41, 5.74) is 8.47. The van der Waals surface area contributed by atoms with Gasteiger partial charge in [0.2, 0.25) is 5.91 Å². The highest BCUT2D eigenvalue weighted by Crippen LogP contribution is 2.39. The first kappa shape index (κ1) is 30.8. The standard InChI is InChI=1S/C30H29F3N6O4/c1-4-6-19(16-37-20-7-5-11-35-17-20)23(34)14-29(40)39(2)28-9-8-21(18-38-28)42-25-10-12-36-24-15-26(41-3)27(13-22(24)25)43-30(31,32)33/h5,7-13,15-18H,4,6,14,34H2,1-3H3. The second-order valence-corrected chi connectivity index (χ2v) is 9.23. The number of amides is 1. The van der Waals surface area contributed by atoms with Crippen LogP contribution in [0.15, 0.2) is 83.5 Å². The maximum absolute atomic E-state index is 13.0. The van der Waals surface area contributed by atoms with E-state index in [1.54, 1.807) is 43.9 Å². The van der Waals surface area contributed by atoms with Gasteiger partial charge in [-0.3, -0.25) is 24.7 Å². The van der Waals surface area contributed by atoms with E-state index in [1.807, 2.05) is 13.0 Å². The molecule has 1 aromatic carbocycles. The van der Waals surface area contributed by atoms with E-state index in [0.717, 1.165) is 18.1 Å². The molecule has 0 saturated heterocycles. The number of nitrogens with zero attached hydrogens (tertiary/aromatic N) is 5. The maximum Gasteiger partial charge on any atom is 0.573 e. The Morgan fingerprint density at radius 3 is 2.53 bits per heavy atom. The molecule has 0 fully saturated rings. The molecule has 0 aliphatic heterocycles. The van der Waals surface area contributed by atoms with E-state index in [9.17, 15) is 18.0 Å². The fraction of sp³-hybridized carbons (Fsp3) is 0.233. The molecule has 43 heavy (non-hydrogen) atoms. The number of hydrogen-bond acceptors (Lipinski definition) is 9. The first-order chi connectivity index (χ1) is 20.6. The minimum Gasteiger partial charge on any atom is -0.493 e. The Balaban J connectivity index is 1.49. The average Bonchev–Trinajstić information content (AvgIpc) is 2.99. The van der Waals surface area contributed by atoms with Crippen molar-refractivity contribution in [1.29, 1.82) is 0 Å². The first-order valence-electron chi connectivity index (χ1n) is 13.1. The van der Waals surface area contributed by atoms with Crippen LogP contribution in [0.4, 0.5) is 24.7 Å². The predicted octanol–water partition coefficient (Wildman–Crippen LogP) is 6.49. The van der Waals surface area contributed by atoms with E-state index in [0.29, 0.717) is 29.1 Å². The van der Waals surface area contributed by atoms with Crippen molar-refractivity contribution in [2.24, 2.45) is 10.7 Å². The number of alkyl halides is 3. The summed E-state index contributed by atoms with van der Waals surface area (Å²) >= 11 is 0. The molecule has 0 aliphatic rings. The number of anilines is 1. The number of allylic oxidation sites excluding steroid dienone is 1. The van der Waals surface area contributed by atoms with Crippen LogP contribution in [0.3, 0.4) is 0 Å². The molecule has 0 spiro atoms. The number of hydrogen-bond donors (Lipinski definition) is 1. The van der Waals surface area contributed by atoms with Crippen LogP contribution in [-0.4, -0.2) is 47.6 Å². The number of methoxy groups -OCH3 is 1. The molecule has 2 N–H and O–H groups in total. The number of rotatable bonds is 11. The minimum absolute atomic E-state index is 0.0420. The molecule has 0 radical (unpaired) electrons. The molecule has 13 heteroatoms. The largest absolute Gasteiger partial charge is 0.573 e. The van der Waals surface area contributed by atoms with Crippen LogP contribution in [0, 0.1) is 0 Å². The highest BCUT2D eigenvalue weighted by Gasteiger charge is 2.33. The molecule has 224 valence electrons. The monoisotopic (exact) mass is 594 g/mol. The third-order valence-electron chi connectivity index (χ3n) is 6.17. The lowest BCUT2D eigenvalue weighted by atomic mass is 10.1. The molecule has 0 saturated carbocycles. The van der Waals surface area contributed by atoms with Crippen molar-refractivity contribution >= 4 is 34.5 Å². The number of pyridine rings is 3. The van der Waals surface area contributed by atoms with Gasteiger partial charge < -0.3 is 19.9 Å². The summed E-state index contributed by atoms with van der Waals surface area (Å²) in [6.07, 6.45) is 4.29. The number of halogens is 3. The lowest BCUT2D eigenvalue weighted by molar-refractivity contribution is -0.275. The van der Waals surface area contributed by atoms with Gasteiger partial charge >= 0.3 is 6.36 Å². The molecule has 0 unspecified atom stereocenters. The number of aliphatic imine (C=N–C) groups is 1. The summed E-state index contributed by atoms with van der Waals surface area (Å²) in [5.74, 6) is -0.112. The Bertz CT molecular complexity index is 1630. The van der Waals surface area contributed by atoms with Crippen molar-refractivity contribution in [3.8, 4) is 23.0 Å². The summed E-state index contributed by atoms with van der Waals surface area (Å²) in [5, 5.41) is 0.260. The normalized spacial score (nSPS) is 12.2. The summed E-state index contributed by atoms with van der Waals surface area (Å²) < 4.78 is 53.8.